The average molecular weight is 237 g/mol. The Kier molecular flexibility index (Phi) is 3.89. The second-order valence-corrected chi connectivity index (χ2v) is 3.83. The van der Waals surface area contributed by atoms with Crippen molar-refractivity contribution in [2.75, 3.05) is 31.6 Å². The van der Waals surface area contributed by atoms with E-state index in [1.54, 1.807) is 12.1 Å². The Hall–Kier alpha value is -1.66. The number of hydrogen-bond acceptors (Lipinski definition) is 4. The van der Waals surface area contributed by atoms with Crippen LogP contribution in [-0.2, 0) is 11.3 Å². The number of pyridine rings is 1. The molecule has 0 atom stereocenters. The number of amides is 1. The molecule has 0 aliphatic carbocycles. The molecule has 1 fully saturated rings. The number of morpholine rings is 1. The third-order valence-electron chi connectivity index (χ3n) is 2.53. The maximum Gasteiger partial charge on any atom is 0.410 e. The highest BCUT2D eigenvalue weighted by molar-refractivity contribution is 5.81. The molecule has 1 amide bonds. The van der Waals surface area contributed by atoms with Crippen molar-refractivity contribution in [1.82, 2.24) is 9.88 Å². The van der Waals surface area contributed by atoms with E-state index in [0.717, 1.165) is 38.5 Å². The number of nitrogens with one attached hydrogen (secondary N) is 1. The molecule has 0 unspecified atom stereocenters. The molecule has 1 aromatic rings. The summed E-state index contributed by atoms with van der Waals surface area (Å²) in [6.45, 7) is 3.98. The minimum Gasteiger partial charge on any atom is -0.465 e. The molecule has 2 rings (SSSR count). The first-order valence-corrected chi connectivity index (χ1v) is 5.50. The Morgan fingerprint density at radius 2 is 2.24 bits per heavy atom. The largest absolute Gasteiger partial charge is 0.465 e. The van der Waals surface area contributed by atoms with Crippen LogP contribution in [0.4, 0.5) is 10.6 Å². The van der Waals surface area contributed by atoms with Crippen LogP contribution in [0.5, 0.6) is 0 Å². The zero-order valence-corrected chi connectivity index (χ0v) is 9.43. The number of aromatic nitrogens is 1. The summed E-state index contributed by atoms with van der Waals surface area (Å²) in [5, 5.41) is 10.8. The minimum atomic E-state index is -1.10. The second-order valence-electron chi connectivity index (χ2n) is 3.83. The van der Waals surface area contributed by atoms with Crippen LogP contribution in [0.1, 0.15) is 5.69 Å². The van der Waals surface area contributed by atoms with Gasteiger partial charge in [-0.15, -0.1) is 0 Å². The number of anilines is 1. The van der Waals surface area contributed by atoms with Gasteiger partial charge >= 0.3 is 6.09 Å². The number of carboxylic acid groups (broad SMARTS) is 1. The predicted octanol–water partition coefficient (Wildman–Crippen LogP) is 1.00. The topological polar surface area (TPSA) is 74.7 Å². The lowest BCUT2D eigenvalue weighted by Gasteiger charge is -2.26. The fraction of sp³-hybridized carbons (Fsp3) is 0.455. The first-order valence-electron chi connectivity index (χ1n) is 5.50. The van der Waals surface area contributed by atoms with Gasteiger partial charge in [0.15, 0.2) is 0 Å². The summed E-state index contributed by atoms with van der Waals surface area (Å²) in [4.78, 5) is 17.0. The van der Waals surface area contributed by atoms with Gasteiger partial charge < -0.3 is 9.84 Å². The van der Waals surface area contributed by atoms with Crippen LogP contribution in [-0.4, -0.2) is 47.4 Å². The lowest BCUT2D eigenvalue weighted by Crippen LogP contribution is -2.35. The van der Waals surface area contributed by atoms with Crippen LogP contribution in [0.15, 0.2) is 18.2 Å². The van der Waals surface area contributed by atoms with Crippen LogP contribution in [0, 0.1) is 0 Å². The van der Waals surface area contributed by atoms with Gasteiger partial charge in [-0.3, -0.25) is 10.2 Å². The maximum atomic E-state index is 10.5. The van der Waals surface area contributed by atoms with E-state index in [9.17, 15) is 4.79 Å². The molecule has 17 heavy (non-hydrogen) atoms. The lowest BCUT2D eigenvalue weighted by molar-refractivity contribution is 0.0337. The molecule has 6 nitrogen and oxygen atoms in total. The maximum absolute atomic E-state index is 10.5. The van der Waals surface area contributed by atoms with E-state index >= 15 is 0 Å². The SMILES string of the molecule is O=C(O)Nc1cccc(CN2CCOCC2)n1. The highest BCUT2D eigenvalue weighted by atomic mass is 16.5. The highest BCUT2D eigenvalue weighted by Crippen LogP contribution is 2.08. The first kappa shape index (κ1) is 11.8. The van der Waals surface area contributed by atoms with Gasteiger partial charge in [-0.1, -0.05) is 6.07 Å². The zero-order chi connectivity index (χ0) is 12.1. The van der Waals surface area contributed by atoms with Gasteiger partial charge in [-0.05, 0) is 12.1 Å². The first-order chi connectivity index (χ1) is 8.24. The highest BCUT2D eigenvalue weighted by Gasteiger charge is 2.11. The Morgan fingerprint density at radius 3 is 2.94 bits per heavy atom. The van der Waals surface area contributed by atoms with Gasteiger partial charge in [0.1, 0.15) is 5.82 Å². The number of ether oxygens (including phenoxy) is 1. The van der Waals surface area contributed by atoms with Crippen molar-refractivity contribution < 1.29 is 14.6 Å². The molecule has 0 bridgehead atoms. The zero-order valence-electron chi connectivity index (χ0n) is 9.43. The summed E-state index contributed by atoms with van der Waals surface area (Å²) in [6.07, 6.45) is -1.10. The van der Waals surface area contributed by atoms with Crippen molar-refractivity contribution in [3.05, 3.63) is 23.9 Å². The van der Waals surface area contributed by atoms with Crippen molar-refractivity contribution in [1.29, 1.82) is 0 Å². The predicted molar refractivity (Wildman–Crippen MR) is 62.0 cm³/mol. The van der Waals surface area contributed by atoms with Gasteiger partial charge in [-0.2, -0.15) is 0 Å². The summed E-state index contributed by atoms with van der Waals surface area (Å²) < 4.78 is 5.26. The van der Waals surface area contributed by atoms with Crippen LogP contribution in [0.3, 0.4) is 0 Å². The molecule has 1 aliphatic rings. The van der Waals surface area contributed by atoms with Crippen LogP contribution in [0.2, 0.25) is 0 Å². The molecule has 1 saturated heterocycles. The summed E-state index contributed by atoms with van der Waals surface area (Å²) in [7, 11) is 0. The van der Waals surface area contributed by atoms with E-state index in [0.29, 0.717) is 5.82 Å². The summed E-state index contributed by atoms with van der Waals surface area (Å²) >= 11 is 0. The summed E-state index contributed by atoms with van der Waals surface area (Å²) in [5.41, 5.74) is 0.859. The van der Waals surface area contributed by atoms with Crippen molar-refractivity contribution in [2.24, 2.45) is 0 Å². The summed E-state index contributed by atoms with van der Waals surface area (Å²) in [6, 6.07) is 5.33. The van der Waals surface area contributed by atoms with E-state index in [4.69, 9.17) is 9.84 Å². The molecule has 92 valence electrons. The van der Waals surface area contributed by atoms with Crippen molar-refractivity contribution >= 4 is 11.9 Å². The van der Waals surface area contributed by atoms with E-state index < -0.39 is 6.09 Å². The van der Waals surface area contributed by atoms with Crippen LogP contribution in [0.25, 0.3) is 0 Å². The average Bonchev–Trinajstić information content (AvgIpc) is 2.30. The van der Waals surface area contributed by atoms with Crippen molar-refractivity contribution in [3.63, 3.8) is 0 Å². The molecule has 1 aromatic heterocycles. The number of hydrogen-bond donors (Lipinski definition) is 2. The molecule has 2 N–H and O–H groups in total. The Morgan fingerprint density at radius 1 is 1.47 bits per heavy atom. The summed E-state index contributed by atoms with van der Waals surface area (Å²) in [5.74, 6) is 0.364. The Labute approximate surface area is 99.2 Å². The number of carbonyl (C=O) groups is 1. The molecule has 0 saturated carbocycles. The van der Waals surface area contributed by atoms with Gasteiger partial charge in [0.25, 0.3) is 0 Å². The lowest BCUT2D eigenvalue weighted by atomic mass is 10.3. The van der Waals surface area contributed by atoms with Crippen LogP contribution >= 0.6 is 0 Å². The molecule has 2 heterocycles. The van der Waals surface area contributed by atoms with E-state index in [1.807, 2.05) is 6.07 Å². The smallest absolute Gasteiger partial charge is 0.410 e. The molecule has 0 aromatic carbocycles. The molecule has 6 heteroatoms. The monoisotopic (exact) mass is 237 g/mol. The van der Waals surface area contributed by atoms with Gasteiger partial charge in [0, 0.05) is 19.6 Å². The minimum absolute atomic E-state index is 0.364. The fourth-order valence-electron chi connectivity index (χ4n) is 1.74. The molecule has 0 spiro atoms. The normalized spacial score (nSPS) is 16.7. The number of rotatable bonds is 3. The van der Waals surface area contributed by atoms with E-state index in [-0.39, 0.29) is 0 Å². The van der Waals surface area contributed by atoms with E-state index in [2.05, 4.69) is 15.2 Å². The van der Waals surface area contributed by atoms with Crippen molar-refractivity contribution in [2.45, 2.75) is 6.54 Å². The van der Waals surface area contributed by atoms with Crippen LogP contribution < -0.4 is 5.32 Å². The Balaban J connectivity index is 1.97. The standard InChI is InChI=1S/C11H15N3O3/c15-11(16)13-10-3-1-2-9(12-10)8-14-4-6-17-7-5-14/h1-3H,4-8H2,(H,12,13)(H,15,16). The van der Waals surface area contributed by atoms with Gasteiger partial charge in [-0.25, -0.2) is 9.78 Å². The van der Waals surface area contributed by atoms with Gasteiger partial charge in [0.05, 0.1) is 18.9 Å². The Bertz CT molecular complexity index is 391. The van der Waals surface area contributed by atoms with Crippen molar-refractivity contribution in [3.8, 4) is 0 Å². The van der Waals surface area contributed by atoms with E-state index in [1.165, 1.54) is 0 Å². The third-order valence-corrected chi connectivity index (χ3v) is 2.53. The fourth-order valence-corrected chi connectivity index (χ4v) is 1.74. The quantitative estimate of drug-likeness (QED) is 0.820. The van der Waals surface area contributed by atoms with Gasteiger partial charge in [0.2, 0.25) is 0 Å². The second kappa shape index (κ2) is 5.60. The molecular formula is C11H15N3O3. The molecule has 1 aliphatic heterocycles. The molecular weight excluding hydrogens is 222 g/mol. The molecule has 0 radical (unpaired) electrons. The number of nitrogens with zero attached hydrogens (tertiary/aromatic N) is 2. The third kappa shape index (κ3) is 3.69.